The first-order chi connectivity index (χ1) is 19.1. The number of aromatic nitrogens is 4. The van der Waals surface area contributed by atoms with Crippen molar-refractivity contribution in [2.45, 2.75) is 0 Å². The minimum absolute atomic E-state index is 0.620. The number of hydrogen-bond acceptors (Lipinski definition) is 8. The van der Waals surface area contributed by atoms with Gasteiger partial charge in [-0.2, -0.15) is 0 Å². The number of methoxy groups -OCH3 is 1. The Kier molecular flexibility index (Phi) is 6.34. The van der Waals surface area contributed by atoms with E-state index in [9.17, 15) is 0 Å². The van der Waals surface area contributed by atoms with Gasteiger partial charge in [0.2, 0.25) is 0 Å². The van der Waals surface area contributed by atoms with Gasteiger partial charge in [-0.05, 0) is 36.4 Å². The lowest BCUT2D eigenvalue weighted by Crippen LogP contribution is -2.08. The second-order valence-electron chi connectivity index (χ2n) is 9.19. The van der Waals surface area contributed by atoms with Gasteiger partial charge in [0.15, 0.2) is 11.6 Å². The van der Waals surface area contributed by atoms with Gasteiger partial charge in [-0.15, -0.1) is 10.2 Å². The Labute approximate surface area is 225 Å². The van der Waals surface area contributed by atoms with Crippen LogP contribution < -0.4 is 19.7 Å². The molecule has 0 atom stereocenters. The van der Waals surface area contributed by atoms with E-state index in [4.69, 9.17) is 9.47 Å². The highest BCUT2D eigenvalue weighted by molar-refractivity contribution is 6.01. The first-order valence-corrected chi connectivity index (χ1v) is 12.5. The second kappa shape index (κ2) is 10.3. The zero-order valence-electron chi connectivity index (χ0n) is 21.8. The Morgan fingerprint density at radius 3 is 2.38 bits per heavy atom. The van der Waals surface area contributed by atoms with Crippen molar-refractivity contribution in [1.29, 1.82) is 0 Å². The van der Waals surface area contributed by atoms with Crippen LogP contribution in [0.3, 0.4) is 0 Å². The molecule has 0 unspecified atom stereocenters. The van der Waals surface area contributed by atoms with Crippen molar-refractivity contribution < 1.29 is 9.47 Å². The van der Waals surface area contributed by atoms with Gasteiger partial charge in [-0.3, -0.25) is 4.98 Å². The molecule has 0 aliphatic carbocycles. The van der Waals surface area contributed by atoms with Crippen molar-refractivity contribution >= 4 is 39.0 Å². The summed E-state index contributed by atoms with van der Waals surface area (Å²) in [4.78, 5) is 10.9. The molecular weight excluding hydrogens is 488 g/mol. The largest absolute Gasteiger partial charge is 0.495 e. The fraction of sp³-hybridized carbons (Fsp3) is 0.0968. The van der Waals surface area contributed by atoms with Gasteiger partial charge in [-0.25, -0.2) is 4.98 Å². The first-order valence-electron chi connectivity index (χ1n) is 12.5. The molecule has 0 bridgehead atoms. The molecule has 0 aliphatic heterocycles. The van der Waals surface area contributed by atoms with Crippen LogP contribution in [0, 0.1) is 0 Å². The molecule has 6 aromatic rings. The van der Waals surface area contributed by atoms with Gasteiger partial charge in [0, 0.05) is 60.1 Å². The van der Waals surface area contributed by atoms with E-state index in [1.165, 1.54) is 0 Å². The van der Waals surface area contributed by atoms with Crippen LogP contribution in [0.25, 0.3) is 33.1 Å². The van der Waals surface area contributed by atoms with Crippen LogP contribution in [0.4, 0.5) is 17.2 Å². The quantitative estimate of drug-likeness (QED) is 0.248. The molecule has 3 aromatic carbocycles. The highest BCUT2D eigenvalue weighted by Crippen LogP contribution is 2.33. The molecule has 0 spiro atoms. The number of nitrogens with zero attached hydrogens (tertiary/aromatic N) is 5. The maximum atomic E-state index is 6.13. The summed E-state index contributed by atoms with van der Waals surface area (Å²) >= 11 is 0. The number of fused-ring (bicyclic) bond motifs is 2. The van der Waals surface area contributed by atoms with E-state index in [0.29, 0.717) is 34.1 Å². The highest BCUT2D eigenvalue weighted by atomic mass is 16.5. The monoisotopic (exact) mass is 514 g/mol. The summed E-state index contributed by atoms with van der Waals surface area (Å²) in [5, 5.41) is 14.6. The van der Waals surface area contributed by atoms with Crippen LogP contribution in [-0.4, -0.2) is 41.4 Å². The van der Waals surface area contributed by atoms with Crippen molar-refractivity contribution in [2.75, 3.05) is 31.4 Å². The average Bonchev–Trinajstić information content (AvgIpc) is 2.98. The third-order valence-corrected chi connectivity index (χ3v) is 6.42. The maximum Gasteiger partial charge on any atom is 0.161 e. The summed E-state index contributed by atoms with van der Waals surface area (Å²) in [5.41, 5.74) is 5.21. The molecule has 6 rings (SSSR count). The molecule has 39 heavy (non-hydrogen) atoms. The molecule has 3 aromatic heterocycles. The van der Waals surface area contributed by atoms with Gasteiger partial charge in [0.25, 0.3) is 0 Å². The second-order valence-corrected chi connectivity index (χ2v) is 9.19. The number of nitrogens with one attached hydrogen (secondary N) is 1. The summed E-state index contributed by atoms with van der Waals surface area (Å²) in [6, 6.07) is 27.8. The molecule has 0 aliphatic rings. The third kappa shape index (κ3) is 4.87. The van der Waals surface area contributed by atoms with Crippen LogP contribution in [0.15, 0.2) is 97.3 Å². The summed E-state index contributed by atoms with van der Waals surface area (Å²) in [7, 11) is 5.66. The topological polar surface area (TPSA) is 85.3 Å². The minimum Gasteiger partial charge on any atom is -0.495 e. The molecule has 192 valence electrons. The average molecular weight is 515 g/mol. The standard InChI is InChI=1S/C31H26N6O2/c1-37(2)22-8-6-7-20(17-22)29-25-9-4-5-10-26(25)31(36-35-29)34-21-11-13-23(14-12-21)39-28-15-16-32-27-18-24(38-3)19-33-30(27)28/h4-19H,1-3H3,(H,34,36). The summed E-state index contributed by atoms with van der Waals surface area (Å²) in [5.74, 6) is 2.63. The van der Waals surface area contributed by atoms with Crippen LogP contribution in [0.1, 0.15) is 0 Å². The van der Waals surface area contributed by atoms with Crippen molar-refractivity contribution in [1.82, 2.24) is 20.2 Å². The number of ether oxygens (including phenoxy) is 2. The fourth-order valence-electron chi connectivity index (χ4n) is 4.39. The fourth-order valence-corrected chi connectivity index (χ4v) is 4.39. The van der Waals surface area contributed by atoms with E-state index < -0.39 is 0 Å². The lowest BCUT2D eigenvalue weighted by molar-refractivity contribution is 0.413. The highest BCUT2D eigenvalue weighted by Gasteiger charge is 2.13. The maximum absolute atomic E-state index is 6.13. The molecule has 0 fully saturated rings. The van der Waals surface area contributed by atoms with E-state index in [2.05, 4.69) is 60.7 Å². The number of pyridine rings is 2. The predicted molar refractivity (Wildman–Crippen MR) is 155 cm³/mol. The number of benzene rings is 3. The van der Waals surface area contributed by atoms with Crippen LogP contribution in [-0.2, 0) is 0 Å². The lowest BCUT2D eigenvalue weighted by atomic mass is 10.0. The lowest BCUT2D eigenvalue weighted by Gasteiger charge is -2.15. The molecule has 0 saturated heterocycles. The van der Waals surface area contributed by atoms with Gasteiger partial charge in [0.05, 0.1) is 18.8 Å². The van der Waals surface area contributed by atoms with Gasteiger partial charge in [0.1, 0.15) is 22.7 Å². The first kappa shape index (κ1) is 24.1. The molecular formula is C31H26N6O2. The number of rotatable bonds is 7. The number of anilines is 3. The Balaban J connectivity index is 1.26. The van der Waals surface area contributed by atoms with Crippen molar-refractivity contribution in [2.24, 2.45) is 0 Å². The van der Waals surface area contributed by atoms with E-state index in [-0.39, 0.29) is 0 Å². The van der Waals surface area contributed by atoms with Gasteiger partial charge in [-0.1, -0.05) is 36.4 Å². The SMILES string of the molecule is COc1cnc2c(Oc3ccc(Nc4nnc(-c5cccc(N(C)C)c5)c5ccccc45)cc3)ccnc2c1. The Morgan fingerprint density at radius 1 is 0.769 bits per heavy atom. The van der Waals surface area contributed by atoms with Crippen LogP contribution in [0.5, 0.6) is 17.2 Å². The van der Waals surface area contributed by atoms with Crippen molar-refractivity contribution in [3.05, 3.63) is 97.3 Å². The molecule has 1 N–H and O–H groups in total. The van der Waals surface area contributed by atoms with Gasteiger partial charge >= 0.3 is 0 Å². The van der Waals surface area contributed by atoms with E-state index >= 15 is 0 Å². The zero-order chi connectivity index (χ0) is 26.8. The predicted octanol–water partition coefficient (Wildman–Crippen LogP) is 6.85. The molecule has 0 radical (unpaired) electrons. The van der Waals surface area contributed by atoms with Crippen LogP contribution >= 0.6 is 0 Å². The number of hydrogen-bond donors (Lipinski definition) is 1. The molecule has 0 saturated carbocycles. The molecule has 0 amide bonds. The van der Waals surface area contributed by atoms with Crippen molar-refractivity contribution in [3.63, 3.8) is 0 Å². The van der Waals surface area contributed by atoms with E-state index in [1.807, 2.05) is 62.6 Å². The molecule has 8 nitrogen and oxygen atoms in total. The van der Waals surface area contributed by atoms with E-state index in [0.717, 1.165) is 33.4 Å². The summed E-state index contributed by atoms with van der Waals surface area (Å²) < 4.78 is 11.4. The summed E-state index contributed by atoms with van der Waals surface area (Å²) in [6.45, 7) is 0. The molecule has 3 heterocycles. The third-order valence-electron chi connectivity index (χ3n) is 6.42. The summed E-state index contributed by atoms with van der Waals surface area (Å²) in [6.07, 6.45) is 3.35. The van der Waals surface area contributed by atoms with E-state index in [1.54, 1.807) is 25.6 Å². The Morgan fingerprint density at radius 2 is 1.59 bits per heavy atom. The Bertz CT molecular complexity index is 1790. The van der Waals surface area contributed by atoms with Gasteiger partial charge < -0.3 is 19.7 Å². The normalized spacial score (nSPS) is 10.9. The minimum atomic E-state index is 0.620. The van der Waals surface area contributed by atoms with Crippen molar-refractivity contribution in [3.8, 4) is 28.5 Å². The zero-order valence-corrected chi connectivity index (χ0v) is 21.8. The smallest absolute Gasteiger partial charge is 0.161 e. The Hall–Kier alpha value is -5.24. The van der Waals surface area contributed by atoms with Crippen LogP contribution in [0.2, 0.25) is 0 Å². The molecule has 8 heteroatoms.